The fourth-order valence-electron chi connectivity index (χ4n) is 2.60. The van der Waals surface area contributed by atoms with Gasteiger partial charge in [-0.15, -0.1) is 0 Å². The Morgan fingerprint density at radius 3 is 2.59 bits per heavy atom. The quantitative estimate of drug-likeness (QED) is 0.820. The smallest absolute Gasteiger partial charge is 0.145 e. The predicted octanol–water partition coefficient (Wildman–Crippen LogP) is 3.14. The fourth-order valence-corrected chi connectivity index (χ4v) is 2.60. The number of hydrogen-bond donors (Lipinski definition) is 0. The van der Waals surface area contributed by atoms with Crippen LogP contribution >= 0.6 is 0 Å². The first-order valence-corrected chi connectivity index (χ1v) is 7.87. The Bertz CT molecular complexity index is 551. The van der Waals surface area contributed by atoms with Crippen LogP contribution in [0.15, 0.2) is 48.8 Å². The van der Waals surface area contributed by atoms with Crippen LogP contribution in [0.2, 0.25) is 0 Å². The third-order valence-electron chi connectivity index (χ3n) is 3.84. The molecule has 1 fully saturated rings. The van der Waals surface area contributed by atoms with Crippen molar-refractivity contribution in [3.8, 4) is 11.5 Å². The molecule has 0 atom stereocenters. The normalized spacial score (nSPS) is 15.6. The van der Waals surface area contributed by atoms with E-state index in [1.165, 1.54) is 12.0 Å². The standard InChI is InChI=1S/C18H22N2O2/c1-4-18(15-19-9-1)22-17-7-5-16(6-8-17)3-2-10-20-11-13-21-14-12-20/h1,4-9,15H,2-3,10-14H2. The van der Waals surface area contributed by atoms with E-state index in [4.69, 9.17) is 9.47 Å². The Morgan fingerprint density at radius 1 is 1.05 bits per heavy atom. The van der Waals surface area contributed by atoms with Crippen LogP contribution in [0.3, 0.4) is 0 Å². The molecule has 3 rings (SSSR count). The second-order valence-electron chi connectivity index (χ2n) is 5.49. The van der Waals surface area contributed by atoms with Crippen molar-refractivity contribution in [2.45, 2.75) is 12.8 Å². The molecule has 0 aliphatic carbocycles. The lowest BCUT2D eigenvalue weighted by Gasteiger charge is -2.26. The highest BCUT2D eigenvalue weighted by Crippen LogP contribution is 2.20. The zero-order valence-corrected chi connectivity index (χ0v) is 12.8. The molecule has 1 aliphatic rings. The highest BCUT2D eigenvalue weighted by Gasteiger charge is 2.09. The summed E-state index contributed by atoms with van der Waals surface area (Å²) in [5.74, 6) is 1.62. The van der Waals surface area contributed by atoms with Crippen molar-refractivity contribution in [1.82, 2.24) is 9.88 Å². The van der Waals surface area contributed by atoms with Crippen molar-refractivity contribution in [2.75, 3.05) is 32.8 Å². The van der Waals surface area contributed by atoms with E-state index < -0.39 is 0 Å². The van der Waals surface area contributed by atoms with Crippen molar-refractivity contribution < 1.29 is 9.47 Å². The Hall–Kier alpha value is -1.91. The molecule has 1 saturated heterocycles. The molecular formula is C18H22N2O2. The summed E-state index contributed by atoms with van der Waals surface area (Å²) in [4.78, 5) is 6.52. The van der Waals surface area contributed by atoms with Gasteiger partial charge >= 0.3 is 0 Å². The summed E-state index contributed by atoms with van der Waals surface area (Å²) in [6.45, 7) is 5.04. The minimum absolute atomic E-state index is 0.766. The van der Waals surface area contributed by atoms with Crippen LogP contribution < -0.4 is 4.74 Å². The van der Waals surface area contributed by atoms with Gasteiger partial charge in [0.25, 0.3) is 0 Å². The van der Waals surface area contributed by atoms with E-state index in [0.29, 0.717) is 0 Å². The van der Waals surface area contributed by atoms with Crippen molar-refractivity contribution >= 4 is 0 Å². The number of aryl methyl sites for hydroxylation is 1. The number of nitrogens with zero attached hydrogens (tertiary/aromatic N) is 2. The molecule has 2 aromatic rings. The molecule has 4 heteroatoms. The molecular weight excluding hydrogens is 276 g/mol. The summed E-state index contributed by atoms with van der Waals surface area (Å²) >= 11 is 0. The second-order valence-corrected chi connectivity index (χ2v) is 5.49. The topological polar surface area (TPSA) is 34.6 Å². The first kappa shape index (κ1) is 15.0. The van der Waals surface area contributed by atoms with E-state index in [9.17, 15) is 0 Å². The third kappa shape index (κ3) is 4.55. The summed E-state index contributed by atoms with van der Waals surface area (Å²) < 4.78 is 11.1. The van der Waals surface area contributed by atoms with Crippen LogP contribution in [0, 0.1) is 0 Å². The van der Waals surface area contributed by atoms with Gasteiger partial charge in [0, 0.05) is 19.3 Å². The molecule has 0 spiro atoms. The minimum atomic E-state index is 0.766. The Kier molecular flexibility index (Phi) is 5.40. The largest absolute Gasteiger partial charge is 0.456 e. The number of pyridine rings is 1. The highest BCUT2D eigenvalue weighted by molar-refractivity contribution is 5.31. The number of benzene rings is 1. The first-order valence-electron chi connectivity index (χ1n) is 7.87. The van der Waals surface area contributed by atoms with Gasteiger partial charge in [0.2, 0.25) is 0 Å². The third-order valence-corrected chi connectivity index (χ3v) is 3.84. The number of hydrogen-bond acceptors (Lipinski definition) is 4. The summed E-state index contributed by atoms with van der Waals surface area (Å²) in [5, 5.41) is 0. The maximum absolute atomic E-state index is 5.75. The lowest BCUT2D eigenvalue weighted by molar-refractivity contribution is 0.0374. The molecule has 0 N–H and O–H groups in total. The summed E-state index contributed by atoms with van der Waals surface area (Å²) in [6.07, 6.45) is 5.74. The van der Waals surface area contributed by atoms with Crippen molar-refractivity contribution in [3.63, 3.8) is 0 Å². The minimum Gasteiger partial charge on any atom is -0.456 e. The molecule has 116 valence electrons. The average Bonchev–Trinajstić information content (AvgIpc) is 2.58. The predicted molar refractivity (Wildman–Crippen MR) is 86.3 cm³/mol. The average molecular weight is 298 g/mol. The van der Waals surface area contributed by atoms with Gasteiger partial charge in [-0.05, 0) is 49.2 Å². The van der Waals surface area contributed by atoms with Gasteiger partial charge in [-0.2, -0.15) is 0 Å². The van der Waals surface area contributed by atoms with Crippen LogP contribution in [-0.2, 0) is 11.2 Å². The van der Waals surface area contributed by atoms with Crippen LogP contribution in [0.5, 0.6) is 11.5 Å². The van der Waals surface area contributed by atoms with Crippen LogP contribution in [0.25, 0.3) is 0 Å². The van der Waals surface area contributed by atoms with Crippen molar-refractivity contribution in [1.29, 1.82) is 0 Å². The molecule has 1 aromatic carbocycles. The molecule has 4 nitrogen and oxygen atoms in total. The number of aromatic nitrogens is 1. The summed E-state index contributed by atoms with van der Waals surface area (Å²) in [5.41, 5.74) is 1.35. The molecule has 0 saturated carbocycles. The van der Waals surface area contributed by atoms with E-state index in [-0.39, 0.29) is 0 Å². The lowest BCUT2D eigenvalue weighted by Crippen LogP contribution is -2.36. The first-order chi connectivity index (χ1) is 10.9. The summed E-state index contributed by atoms with van der Waals surface area (Å²) in [6, 6.07) is 12.1. The Morgan fingerprint density at radius 2 is 1.86 bits per heavy atom. The molecule has 1 aromatic heterocycles. The molecule has 2 heterocycles. The lowest BCUT2D eigenvalue weighted by atomic mass is 10.1. The van der Waals surface area contributed by atoms with E-state index in [0.717, 1.165) is 50.8 Å². The van der Waals surface area contributed by atoms with Crippen molar-refractivity contribution in [3.05, 3.63) is 54.4 Å². The molecule has 0 amide bonds. The maximum atomic E-state index is 5.75. The van der Waals surface area contributed by atoms with Gasteiger partial charge in [0.15, 0.2) is 0 Å². The van der Waals surface area contributed by atoms with Gasteiger partial charge in [-0.25, -0.2) is 0 Å². The summed E-state index contributed by atoms with van der Waals surface area (Å²) in [7, 11) is 0. The van der Waals surface area contributed by atoms with Crippen LogP contribution in [-0.4, -0.2) is 42.7 Å². The zero-order valence-electron chi connectivity index (χ0n) is 12.8. The second kappa shape index (κ2) is 7.92. The molecule has 22 heavy (non-hydrogen) atoms. The van der Waals surface area contributed by atoms with E-state index >= 15 is 0 Å². The molecule has 0 bridgehead atoms. The van der Waals surface area contributed by atoms with E-state index in [1.54, 1.807) is 12.4 Å². The number of ether oxygens (including phenoxy) is 2. The van der Waals surface area contributed by atoms with Crippen LogP contribution in [0.1, 0.15) is 12.0 Å². The SMILES string of the molecule is c1cncc(Oc2ccc(CCCN3CCOCC3)cc2)c1. The van der Waals surface area contributed by atoms with Gasteiger partial charge < -0.3 is 9.47 Å². The molecule has 1 aliphatic heterocycles. The number of rotatable bonds is 6. The monoisotopic (exact) mass is 298 g/mol. The van der Waals surface area contributed by atoms with Crippen LogP contribution in [0.4, 0.5) is 0 Å². The molecule has 0 unspecified atom stereocenters. The van der Waals surface area contributed by atoms with Gasteiger partial charge in [-0.3, -0.25) is 9.88 Å². The molecule has 0 radical (unpaired) electrons. The van der Waals surface area contributed by atoms with Crippen molar-refractivity contribution in [2.24, 2.45) is 0 Å². The fraction of sp³-hybridized carbons (Fsp3) is 0.389. The zero-order chi connectivity index (χ0) is 15.0. The van der Waals surface area contributed by atoms with E-state index in [1.807, 2.05) is 24.3 Å². The number of morpholine rings is 1. The van der Waals surface area contributed by atoms with Gasteiger partial charge in [0.05, 0.1) is 19.4 Å². The van der Waals surface area contributed by atoms with Gasteiger partial charge in [0.1, 0.15) is 11.5 Å². The Balaban J connectivity index is 1.45. The highest BCUT2D eigenvalue weighted by atomic mass is 16.5. The van der Waals surface area contributed by atoms with E-state index in [2.05, 4.69) is 22.0 Å². The Labute approximate surface area is 131 Å². The maximum Gasteiger partial charge on any atom is 0.145 e. The van der Waals surface area contributed by atoms with Gasteiger partial charge in [-0.1, -0.05) is 12.1 Å².